The van der Waals surface area contributed by atoms with Crippen molar-refractivity contribution >= 4 is 23.5 Å². The summed E-state index contributed by atoms with van der Waals surface area (Å²) in [5.74, 6) is -0.351. The molecule has 0 saturated carbocycles. The highest BCUT2D eigenvalue weighted by Crippen LogP contribution is 2.22. The minimum absolute atomic E-state index is 0.220. The number of benzene rings is 1. The number of carbonyl (C=O) groups is 2. The largest absolute Gasteiger partial charge is 0.489 e. The molecule has 150 valence electrons. The molecule has 0 spiro atoms. The zero-order chi connectivity index (χ0) is 20.7. The number of anilines is 2. The molecule has 0 radical (unpaired) electrons. The van der Waals surface area contributed by atoms with E-state index in [4.69, 9.17) is 4.74 Å². The van der Waals surface area contributed by atoms with Crippen molar-refractivity contribution in [3.63, 3.8) is 0 Å². The zero-order valence-corrected chi connectivity index (χ0v) is 16.2. The Hall–Kier alpha value is -3.36. The molecule has 2 rings (SSSR count). The summed E-state index contributed by atoms with van der Waals surface area (Å²) < 4.78 is 24.2. The van der Waals surface area contributed by atoms with Crippen LogP contribution < -0.4 is 15.4 Å². The van der Waals surface area contributed by atoms with Crippen LogP contribution in [0.3, 0.4) is 0 Å². The third-order valence-electron chi connectivity index (χ3n) is 3.65. The van der Waals surface area contributed by atoms with E-state index < -0.39 is 24.0 Å². The van der Waals surface area contributed by atoms with Gasteiger partial charge in [-0.1, -0.05) is 0 Å². The highest BCUT2D eigenvalue weighted by Gasteiger charge is 2.14. The van der Waals surface area contributed by atoms with Crippen molar-refractivity contribution in [1.29, 1.82) is 0 Å². The van der Waals surface area contributed by atoms with E-state index in [0.29, 0.717) is 5.69 Å². The number of likely N-dealkylation sites (N-methyl/N-ethyl adjacent to an activating group) is 1. The number of ether oxygens (including phenoxy) is 2. The Labute approximate surface area is 162 Å². The number of rotatable bonds is 6. The summed E-state index contributed by atoms with van der Waals surface area (Å²) in [4.78, 5) is 28.9. The second-order valence-corrected chi connectivity index (χ2v) is 6.22. The number of hydrogen-bond acceptors (Lipinski definition) is 5. The van der Waals surface area contributed by atoms with Gasteiger partial charge in [0, 0.05) is 30.6 Å². The number of carbonyl (C=O) groups excluding carboxylic acids is 2. The van der Waals surface area contributed by atoms with Crippen LogP contribution in [-0.4, -0.2) is 48.8 Å². The van der Waals surface area contributed by atoms with Crippen molar-refractivity contribution in [3.05, 3.63) is 48.0 Å². The summed E-state index contributed by atoms with van der Waals surface area (Å²) in [6.45, 7) is 3.81. The Morgan fingerprint density at radius 1 is 1.21 bits per heavy atom. The molecule has 8 nitrogen and oxygen atoms in total. The number of hydrogen-bond donors (Lipinski definition) is 2. The fourth-order valence-electron chi connectivity index (χ4n) is 2.42. The van der Waals surface area contributed by atoms with Crippen molar-refractivity contribution in [2.75, 3.05) is 31.3 Å². The molecule has 2 N–H and O–H groups in total. The number of aryl methyl sites for hydroxylation is 1. The SMILES string of the molecule is COC(=O)N(C)C[C@@H](C)Oc1cc(F)cc(NC(=O)Nc2ccc(C)nc2)c1. The Kier molecular flexibility index (Phi) is 7.14. The Bertz CT molecular complexity index is 829. The molecule has 9 heteroatoms. The predicted octanol–water partition coefficient (Wildman–Crippen LogP) is 3.64. The normalized spacial score (nSPS) is 11.3. The van der Waals surface area contributed by atoms with E-state index in [1.165, 1.54) is 36.4 Å². The van der Waals surface area contributed by atoms with Gasteiger partial charge in [0.25, 0.3) is 0 Å². The van der Waals surface area contributed by atoms with Gasteiger partial charge in [-0.3, -0.25) is 4.98 Å². The Balaban J connectivity index is 1.98. The van der Waals surface area contributed by atoms with Crippen LogP contribution in [0.1, 0.15) is 12.6 Å². The first-order valence-corrected chi connectivity index (χ1v) is 8.54. The lowest BCUT2D eigenvalue weighted by Crippen LogP contribution is -2.35. The lowest BCUT2D eigenvalue weighted by atomic mass is 10.2. The Morgan fingerprint density at radius 2 is 1.93 bits per heavy atom. The molecule has 0 unspecified atom stereocenters. The highest BCUT2D eigenvalue weighted by molar-refractivity contribution is 5.99. The van der Waals surface area contributed by atoms with Gasteiger partial charge < -0.3 is 25.0 Å². The molecule has 0 fully saturated rings. The van der Waals surface area contributed by atoms with Crippen molar-refractivity contribution in [3.8, 4) is 5.75 Å². The number of urea groups is 1. The maximum absolute atomic E-state index is 13.9. The molecule has 0 bridgehead atoms. The standard InChI is InChI=1S/C19H23FN4O4/c1-12-5-6-15(10-21-12)22-18(25)23-16-7-14(20)8-17(9-16)28-13(2)11-24(3)19(26)27-4/h5-10,13H,11H2,1-4H3,(H2,22,23,25)/t13-/m1/s1. The molecule has 1 aromatic heterocycles. The lowest BCUT2D eigenvalue weighted by Gasteiger charge is -2.21. The van der Waals surface area contributed by atoms with Crippen molar-refractivity contribution in [2.45, 2.75) is 20.0 Å². The molecule has 3 amide bonds. The van der Waals surface area contributed by atoms with E-state index in [9.17, 15) is 14.0 Å². The van der Waals surface area contributed by atoms with Crippen molar-refractivity contribution in [1.82, 2.24) is 9.88 Å². The minimum Gasteiger partial charge on any atom is -0.489 e. The highest BCUT2D eigenvalue weighted by atomic mass is 19.1. The number of nitrogens with one attached hydrogen (secondary N) is 2. The van der Waals surface area contributed by atoms with Crippen LogP contribution in [0.5, 0.6) is 5.75 Å². The molecule has 1 heterocycles. The Morgan fingerprint density at radius 3 is 2.57 bits per heavy atom. The first kappa shape index (κ1) is 20.9. The molecule has 0 aliphatic heterocycles. The summed E-state index contributed by atoms with van der Waals surface area (Å²) in [6, 6.07) is 6.79. The average molecular weight is 390 g/mol. The summed E-state index contributed by atoms with van der Waals surface area (Å²) in [5, 5.41) is 5.15. The number of methoxy groups -OCH3 is 1. The van der Waals surface area contributed by atoms with Gasteiger partial charge in [-0.15, -0.1) is 0 Å². The summed E-state index contributed by atoms with van der Waals surface area (Å²) in [6.07, 6.45) is 0.597. The van der Waals surface area contributed by atoms with Gasteiger partial charge in [0.05, 0.1) is 25.5 Å². The minimum atomic E-state index is -0.571. The van der Waals surface area contributed by atoms with Crippen molar-refractivity contribution in [2.24, 2.45) is 0 Å². The monoisotopic (exact) mass is 390 g/mol. The van der Waals surface area contributed by atoms with Crippen molar-refractivity contribution < 1.29 is 23.5 Å². The summed E-state index contributed by atoms with van der Waals surface area (Å²) in [5.41, 5.74) is 1.56. The summed E-state index contributed by atoms with van der Waals surface area (Å²) in [7, 11) is 2.85. The zero-order valence-electron chi connectivity index (χ0n) is 16.2. The van der Waals surface area contributed by atoms with E-state index in [0.717, 1.165) is 5.69 Å². The molecule has 2 aromatic rings. The van der Waals surface area contributed by atoms with Crippen LogP contribution in [0.2, 0.25) is 0 Å². The number of amides is 3. The number of pyridine rings is 1. The first-order chi connectivity index (χ1) is 13.3. The van der Waals surface area contributed by atoms with Crippen LogP contribution in [0.25, 0.3) is 0 Å². The number of aromatic nitrogens is 1. The van der Waals surface area contributed by atoms with Gasteiger partial charge in [0.15, 0.2) is 0 Å². The molecule has 0 aliphatic carbocycles. The first-order valence-electron chi connectivity index (χ1n) is 8.54. The van der Waals surface area contributed by atoms with Gasteiger partial charge in [-0.2, -0.15) is 0 Å². The fourth-order valence-corrected chi connectivity index (χ4v) is 2.42. The molecular weight excluding hydrogens is 367 g/mol. The van der Waals surface area contributed by atoms with E-state index >= 15 is 0 Å². The molecule has 1 aromatic carbocycles. The fraction of sp³-hybridized carbons (Fsp3) is 0.316. The van der Waals surface area contributed by atoms with Gasteiger partial charge in [-0.05, 0) is 32.0 Å². The third-order valence-corrected chi connectivity index (χ3v) is 3.65. The smallest absolute Gasteiger partial charge is 0.409 e. The summed E-state index contributed by atoms with van der Waals surface area (Å²) >= 11 is 0. The number of halogens is 1. The third kappa shape index (κ3) is 6.42. The average Bonchev–Trinajstić information content (AvgIpc) is 2.62. The molecular formula is C19H23FN4O4. The van der Waals surface area contributed by atoms with E-state index in [1.54, 1.807) is 26.1 Å². The molecule has 0 saturated heterocycles. The van der Waals surface area contributed by atoms with Gasteiger partial charge in [0.1, 0.15) is 17.7 Å². The molecule has 1 atom stereocenters. The number of nitrogens with zero attached hydrogens (tertiary/aromatic N) is 2. The van der Waals surface area contributed by atoms with Gasteiger partial charge >= 0.3 is 12.1 Å². The van der Waals surface area contributed by atoms with Crippen LogP contribution in [-0.2, 0) is 4.74 Å². The van der Waals surface area contributed by atoms with Gasteiger partial charge in [-0.25, -0.2) is 14.0 Å². The second-order valence-electron chi connectivity index (χ2n) is 6.22. The van der Waals surface area contributed by atoms with Crippen LogP contribution >= 0.6 is 0 Å². The van der Waals surface area contributed by atoms with E-state index in [2.05, 4.69) is 20.4 Å². The predicted molar refractivity (Wildman–Crippen MR) is 103 cm³/mol. The van der Waals surface area contributed by atoms with Crippen LogP contribution in [0.15, 0.2) is 36.5 Å². The lowest BCUT2D eigenvalue weighted by molar-refractivity contribution is 0.110. The second kappa shape index (κ2) is 9.54. The van der Waals surface area contributed by atoms with Crippen LogP contribution in [0, 0.1) is 12.7 Å². The molecule has 28 heavy (non-hydrogen) atoms. The maximum atomic E-state index is 13.9. The quantitative estimate of drug-likeness (QED) is 0.786. The van der Waals surface area contributed by atoms with E-state index in [1.807, 2.05) is 6.92 Å². The van der Waals surface area contributed by atoms with Gasteiger partial charge in [0.2, 0.25) is 0 Å². The topological polar surface area (TPSA) is 92.8 Å². The maximum Gasteiger partial charge on any atom is 0.409 e. The van der Waals surface area contributed by atoms with E-state index in [-0.39, 0.29) is 18.0 Å². The molecule has 0 aliphatic rings. The van der Waals surface area contributed by atoms with Crippen LogP contribution in [0.4, 0.5) is 25.4 Å².